The van der Waals surface area contributed by atoms with Crippen molar-refractivity contribution in [2.45, 2.75) is 6.18 Å². The van der Waals surface area contributed by atoms with Crippen LogP contribution in [-0.2, 0) is 6.18 Å². The molecule has 0 bridgehead atoms. The smallest absolute Gasteiger partial charge is 0.268 e. The highest BCUT2D eigenvalue weighted by atomic mass is 19.4. The van der Waals surface area contributed by atoms with E-state index in [9.17, 15) is 18.0 Å². The molecule has 0 unspecified atom stereocenters. The van der Waals surface area contributed by atoms with Crippen LogP contribution in [0, 0.1) is 11.3 Å². The fourth-order valence-corrected chi connectivity index (χ4v) is 2.24. The number of nitriles is 1. The van der Waals surface area contributed by atoms with Crippen LogP contribution < -0.4 is 0 Å². The number of alkyl halides is 3. The number of pyridine rings is 1. The van der Waals surface area contributed by atoms with Gasteiger partial charge in [-0.25, -0.2) is 4.98 Å². The number of carbonyl (C=O) groups excluding carboxylic acids is 1. The van der Waals surface area contributed by atoms with Gasteiger partial charge >= 0.3 is 6.18 Å². The molecule has 0 radical (unpaired) electrons. The third-order valence-electron chi connectivity index (χ3n) is 3.36. The number of benzene rings is 1. The van der Waals surface area contributed by atoms with E-state index in [1.807, 2.05) is 6.07 Å². The third-order valence-corrected chi connectivity index (χ3v) is 3.36. The molecule has 2 heterocycles. The Morgan fingerprint density at radius 1 is 1.17 bits per heavy atom. The van der Waals surface area contributed by atoms with Crippen molar-refractivity contribution in [1.29, 1.82) is 5.26 Å². The number of fused-ring (bicyclic) bond motifs is 1. The summed E-state index contributed by atoms with van der Waals surface area (Å²) in [6.07, 6.45) is -1.66. The van der Waals surface area contributed by atoms with Gasteiger partial charge in [-0.05, 0) is 36.4 Å². The van der Waals surface area contributed by atoms with Crippen LogP contribution >= 0.6 is 0 Å². The van der Waals surface area contributed by atoms with Gasteiger partial charge in [0.2, 0.25) is 0 Å². The molecule has 0 amide bonds. The van der Waals surface area contributed by atoms with E-state index in [2.05, 4.69) is 4.98 Å². The van der Waals surface area contributed by atoms with E-state index < -0.39 is 17.6 Å². The van der Waals surface area contributed by atoms with E-state index in [4.69, 9.17) is 5.26 Å². The maximum atomic E-state index is 12.6. The Balaban J connectivity index is 2.06. The molecule has 4 nitrogen and oxygen atoms in total. The summed E-state index contributed by atoms with van der Waals surface area (Å²) in [5, 5.41) is 9.61. The molecule has 0 spiro atoms. The molecule has 0 fully saturated rings. The molecule has 23 heavy (non-hydrogen) atoms. The number of carbonyl (C=O) groups is 1. The predicted octanol–water partition coefficient (Wildman–Crippen LogP) is 3.62. The predicted molar refractivity (Wildman–Crippen MR) is 75.6 cm³/mol. The van der Waals surface area contributed by atoms with Crippen LogP contribution in [0.1, 0.15) is 21.5 Å². The molecule has 7 heteroatoms. The molecule has 0 N–H and O–H groups in total. The Labute approximate surface area is 128 Å². The number of aromatic nitrogens is 2. The van der Waals surface area contributed by atoms with Crippen molar-refractivity contribution in [2.75, 3.05) is 0 Å². The Morgan fingerprint density at radius 2 is 1.87 bits per heavy atom. The molecule has 0 saturated heterocycles. The summed E-state index contributed by atoms with van der Waals surface area (Å²) < 4.78 is 38.9. The second-order valence-electron chi connectivity index (χ2n) is 4.78. The van der Waals surface area contributed by atoms with Crippen LogP contribution in [-0.4, -0.2) is 15.5 Å². The van der Waals surface area contributed by atoms with E-state index in [1.54, 1.807) is 12.1 Å². The van der Waals surface area contributed by atoms with Crippen LogP contribution in [0.2, 0.25) is 0 Å². The highest BCUT2D eigenvalue weighted by Crippen LogP contribution is 2.29. The molecule has 2 aromatic heterocycles. The number of nitrogens with zero attached hydrogens (tertiary/aromatic N) is 3. The largest absolute Gasteiger partial charge is 0.416 e. The summed E-state index contributed by atoms with van der Waals surface area (Å²) in [5.41, 5.74) is -0.199. The maximum Gasteiger partial charge on any atom is 0.416 e. The summed E-state index contributed by atoms with van der Waals surface area (Å²) in [6.45, 7) is 0. The summed E-state index contributed by atoms with van der Waals surface area (Å²) in [6, 6.07) is 9.15. The highest BCUT2D eigenvalue weighted by molar-refractivity contribution is 6.02. The molecular weight excluding hydrogens is 307 g/mol. The summed E-state index contributed by atoms with van der Waals surface area (Å²) in [7, 11) is 0. The first-order chi connectivity index (χ1) is 10.9. The molecule has 0 aliphatic carbocycles. The van der Waals surface area contributed by atoms with Crippen LogP contribution in [0.25, 0.3) is 11.0 Å². The van der Waals surface area contributed by atoms with Crippen molar-refractivity contribution in [2.24, 2.45) is 0 Å². The molecule has 0 atom stereocenters. The summed E-state index contributed by atoms with van der Waals surface area (Å²) >= 11 is 0. The van der Waals surface area contributed by atoms with Gasteiger partial charge in [-0.3, -0.25) is 9.36 Å². The Morgan fingerprint density at radius 3 is 2.48 bits per heavy atom. The lowest BCUT2D eigenvalue weighted by atomic mass is 10.1. The van der Waals surface area contributed by atoms with Crippen LogP contribution in [0.4, 0.5) is 13.2 Å². The fourth-order valence-electron chi connectivity index (χ4n) is 2.24. The molecule has 0 aliphatic heterocycles. The third kappa shape index (κ3) is 2.55. The molecule has 0 saturated carbocycles. The van der Waals surface area contributed by atoms with Gasteiger partial charge in [0.15, 0.2) is 0 Å². The van der Waals surface area contributed by atoms with Gasteiger partial charge in [0.25, 0.3) is 5.91 Å². The lowest BCUT2D eigenvalue weighted by Gasteiger charge is -2.07. The quantitative estimate of drug-likeness (QED) is 0.689. The summed E-state index contributed by atoms with van der Waals surface area (Å²) in [5.74, 6) is -0.552. The zero-order chi connectivity index (χ0) is 16.6. The molecule has 1 aromatic carbocycles. The van der Waals surface area contributed by atoms with E-state index >= 15 is 0 Å². The first-order valence-electron chi connectivity index (χ1n) is 6.50. The standard InChI is InChI=1S/C16H8F3N3O/c17-16(18,19)12-5-3-10(4-6-12)15(23)22-9-11(8-20)13-2-1-7-21-14(13)22/h1-7,9H. The van der Waals surface area contributed by atoms with E-state index in [1.165, 1.54) is 12.4 Å². The minimum atomic E-state index is -4.46. The Hall–Kier alpha value is -3.14. The van der Waals surface area contributed by atoms with Gasteiger partial charge in [-0.2, -0.15) is 18.4 Å². The Kier molecular flexibility index (Phi) is 3.37. The zero-order valence-electron chi connectivity index (χ0n) is 11.5. The minimum Gasteiger partial charge on any atom is -0.268 e. The molecule has 3 rings (SSSR count). The van der Waals surface area contributed by atoms with Gasteiger partial charge in [-0.15, -0.1) is 0 Å². The van der Waals surface area contributed by atoms with Gasteiger partial charge in [-0.1, -0.05) is 0 Å². The van der Waals surface area contributed by atoms with Crippen LogP contribution in [0.3, 0.4) is 0 Å². The average Bonchev–Trinajstić information content (AvgIpc) is 2.92. The molecule has 114 valence electrons. The lowest BCUT2D eigenvalue weighted by molar-refractivity contribution is -0.137. The van der Waals surface area contributed by atoms with Crippen molar-refractivity contribution in [3.8, 4) is 6.07 Å². The fraction of sp³-hybridized carbons (Fsp3) is 0.0625. The van der Waals surface area contributed by atoms with Crippen LogP contribution in [0.5, 0.6) is 0 Å². The van der Waals surface area contributed by atoms with Crippen LogP contribution in [0.15, 0.2) is 48.8 Å². The first-order valence-corrected chi connectivity index (χ1v) is 6.50. The molecule has 0 aliphatic rings. The lowest BCUT2D eigenvalue weighted by Crippen LogP contribution is -2.12. The van der Waals surface area contributed by atoms with Gasteiger partial charge in [0, 0.05) is 23.3 Å². The number of halogens is 3. The second-order valence-corrected chi connectivity index (χ2v) is 4.78. The van der Waals surface area contributed by atoms with Crippen molar-refractivity contribution in [3.05, 3.63) is 65.5 Å². The highest BCUT2D eigenvalue weighted by Gasteiger charge is 2.30. The average molecular weight is 315 g/mol. The van der Waals surface area contributed by atoms with E-state index in [-0.39, 0.29) is 16.8 Å². The number of rotatable bonds is 1. The van der Waals surface area contributed by atoms with Gasteiger partial charge in [0.05, 0.1) is 11.1 Å². The SMILES string of the molecule is N#Cc1cn(C(=O)c2ccc(C(F)(F)F)cc2)c2ncccc12. The van der Waals surface area contributed by atoms with Gasteiger partial charge in [0.1, 0.15) is 11.7 Å². The number of hydrogen-bond acceptors (Lipinski definition) is 3. The normalized spacial score (nSPS) is 11.4. The van der Waals surface area contributed by atoms with Crippen molar-refractivity contribution in [1.82, 2.24) is 9.55 Å². The Bertz CT molecular complexity index is 934. The van der Waals surface area contributed by atoms with Crippen molar-refractivity contribution in [3.63, 3.8) is 0 Å². The van der Waals surface area contributed by atoms with E-state index in [0.29, 0.717) is 5.39 Å². The van der Waals surface area contributed by atoms with Crippen molar-refractivity contribution < 1.29 is 18.0 Å². The molecular formula is C16H8F3N3O. The minimum absolute atomic E-state index is 0.0741. The maximum absolute atomic E-state index is 12.6. The molecule has 3 aromatic rings. The summed E-state index contributed by atoms with van der Waals surface area (Å²) in [4.78, 5) is 16.5. The van der Waals surface area contributed by atoms with Crippen molar-refractivity contribution >= 4 is 16.9 Å². The monoisotopic (exact) mass is 315 g/mol. The number of hydrogen-bond donors (Lipinski definition) is 0. The van der Waals surface area contributed by atoms with E-state index in [0.717, 1.165) is 28.8 Å². The zero-order valence-corrected chi connectivity index (χ0v) is 11.5. The first kappa shape index (κ1) is 14.8. The van der Waals surface area contributed by atoms with Gasteiger partial charge < -0.3 is 0 Å². The second kappa shape index (κ2) is 5.25. The topological polar surface area (TPSA) is 58.7 Å².